The van der Waals surface area contributed by atoms with E-state index in [2.05, 4.69) is 0 Å². The van der Waals surface area contributed by atoms with Crippen LogP contribution in [0.2, 0.25) is 0 Å². The van der Waals surface area contributed by atoms with Gasteiger partial charge in [-0.2, -0.15) is 0 Å². The van der Waals surface area contributed by atoms with E-state index in [0.717, 1.165) is 17.7 Å². The van der Waals surface area contributed by atoms with Gasteiger partial charge in [0.05, 0.1) is 12.5 Å². The number of ether oxygens (including phenoxy) is 1. The number of phenols is 4. The lowest BCUT2D eigenvalue weighted by Crippen LogP contribution is -2.07. The lowest BCUT2D eigenvalue weighted by molar-refractivity contribution is 0.399. The molecule has 9 heteroatoms. The Morgan fingerprint density at radius 2 is 1.38 bits per heavy atom. The monoisotopic (exact) mass is 538 g/mol. The van der Waals surface area contributed by atoms with Gasteiger partial charge in [0, 0.05) is 29.3 Å². The van der Waals surface area contributed by atoms with E-state index in [1.807, 2.05) is 36.4 Å². The molecule has 0 aliphatic heterocycles. The summed E-state index contributed by atoms with van der Waals surface area (Å²) in [4.78, 5) is 24.4. The van der Waals surface area contributed by atoms with Crippen LogP contribution in [0.4, 0.5) is 0 Å². The maximum absolute atomic E-state index is 12.4. The number of para-hydroxylation sites is 1. The molecule has 0 bridgehead atoms. The molecular formula is C31H22O9. The Balaban J connectivity index is 0.000000162. The van der Waals surface area contributed by atoms with Gasteiger partial charge in [0.25, 0.3) is 0 Å². The summed E-state index contributed by atoms with van der Waals surface area (Å²) < 4.78 is 16.5. The van der Waals surface area contributed by atoms with Crippen LogP contribution in [0.25, 0.3) is 44.6 Å². The highest BCUT2D eigenvalue weighted by atomic mass is 16.5. The topological polar surface area (TPSA) is 151 Å². The summed E-state index contributed by atoms with van der Waals surface area (Å²) in [6, 6.07) is 24.0. The third kappa shape index (κ3) is 4.91. The zero-order valence-electron chi connectivity index (χ0n) is 21.0. The summed E-state index contributed by atoms with van der Waals surface area (Å²) in [5.74, 6) is -0.427. The van der Waals surface area contributed by atoms with Gasteiger partial charge in [-0.05, 0) is 30.3 Å². The van der Waals surface area contributed by atoms with Crippen LogP contribution in [-0.2, 0) is 0 Å². The Hall–Kier alpha value is -5.70. The molecule has 4 aromatic carbocycles. The van der Waals surface area contributed by atoms with E-state index >= 15 is 0 Å². The molecule has 6 aromatic rings. The fourth-order valence-corrected chi connectivity index (χ4v) is 4.16. The minimum atomic E-state index is -0.490. The molecule has 40 heavy (non-hydrogen) atoms. The normalized spacial score (nSPS) is 10.7. The largest absolute Gasteiger partial charge is 0.508 e. The molecule has 0 fully saturated rings. The van der Waals surface area contributed by atoms with Gasteiger partial charge in [0.2, 0.25) is 11.2 Å². The maximum Gasteiger partial charge on any atom is 0.235 e. The van der Waals surface area contributed by atoms with Crippen LogP contribution < -0.4 is 15.6 Å². The lowest BCUT2D eigenvalue weighted by atomic mass is 10.1. The molecule has 0 spiro atoms. The van der Waals surface area contributed by atoms with Crippen molar-refractivity contribution >= 4 is 21.9 Å². The Kier molecular flexibility index (Phi) is 6.86. The molecule has 6 rings (SSSR count). The van der Waals surface area contributed by atoms with Crippen LogP contribution in [-0.4, -0.2) is 27.5 Å². The van der Waals surface area contributed by atoms with Crippen molar-refractivity contribution in [3.8, 4) is 51.4 Å². The third-order valence-electron chi connectivity index (χ3n) is 6.05. The van der Waals surface area contributed by atoms with Gasteiger partial charge in [-0.3, -0.25) is 9.59 Å². The van der Waals surface area contributed by atoms with E-state index in [0.29, 0.717) is 22.3 Å². The number of fused-ring (bicyclic) bond motifs is 2. The van der Waals surface area contributed by atoms with Crippen molar-refractivity contribution < 1.29 is 34.0 Å². The van der Waals surface area contributed by atoms with Crippen molar-refractivity contribution in [3.05, 3.63) is 111 Å². The van der Waals surface area contributed by atoms with Crippen molar-refractivity contribution in [2.45, 2.75) is 0 Å². The standard InChI is InChI=1S/C16H12O3.C15H10O6/c1-18-16-14(17)12-9-5-6-10-13(12)19-15(16)11-7-3-2-4-8-11;16-8-4-11(19)15-12(20)6-13(21-14(15)5-8)7-1-2-9(17)10(18)3-7/h2-10H,1H3;1-6,16-19H. The average Bonchev–Trinajstić information content (AvgIpc) is 2.94. The number of hydrogen-bond acceptors (Lipinski definition) is 9. The average molecular weight is 539 g/mol. The molecule has 0 radical (unpaired) electrons. The van der Waals surface area contributed by atoms with E-state index in [4.69, 9.17) is 13.6 Å². The van der Waals surface area contributed by atoms with Gasteiger partial charge in [0.15, 0.2) is 22.7 Å². The zero-order valence-corrected chi connectivity index (χ0v) is 21.0. The van der Waals surface area contributed by atoms with E-state index in [9.17, 15) is 30.0 Å². The summed E-state index contributed by atoms with van der Waals surface area (Å²) in [6.45, 7) is 0. The van der Waals surface area contributed by atoms with Crippen LogP contribution in [0.5, 0.6) is 28.7 Å². The van der Waals surface area contributed by atoms with Gasteiger partial charge in [-0.1, -0.05) is 42.5 Å². The minimum absolute atomic E-state index is 0.0163. The first-order valence-electron chi connectivity index (χ1n) is 11.9. The van der Waals surface area contributed by atoms with Gasteiger partial charge in [-0.15, -0.1) is 0 Å². The molecular weight excluding hydrogens is 516 g/mol. The highest BCUT2D eigenvalue weighted by Crippen LogP contribution is 2.34. The van der Waals surface area contributed by atoms with Crippen molar-refractivity contribution in [2.75, 3.05) is 7.11 Å². The second kappa shape index (κ2) is 10.6. The molecule has 0 aliphatic carbocycles. The van der Waals surface area contributed by atoms with Gasteiger partial charge in [0.1, 0.15) is 33.8 Å². The molecule has 2 heterocycles. The quantitative estimate of drug-likeness (QED) is 0.206. The zero-order chi connectivity index (χ0) is 28.4. The van der Waals surface area contributed by atoms with Crippen LogP contribution in [0.3, 0.4) is 0 Å². The van der Waals surface area contributed by atoms with Crippen molar-refractivity contribution in [3.63, 3.8) is 0 Å². The molecule has 0 saturated heterocycles. The molecule has 0 atom stereocenters. The first-order valence-corrected chi connectivity index (χ1v) is 11.9. The minimum Gasteiger partial charge on any atom is -0.508 e. The van der Waals surface area contributed by atoms with Crippen LogP contribution >= 0.6 is 0 Å². The third-order valence-corrected chi connectivity index (χ3v) is 6.05. The highest BCUT2D eigenvalue weighted by Gasteiger charge is 2.16. The first kappa shape index (κ1) is 25.9. The van der Waals surface area contributed by atoms with E-state index in [1.165, 1.54) is 31.4 Å². The second-order valence-electron chi connectivity index (χ2n) is 8.67. The van der Waals surface area contributed by atoms with Gasteiger partial charge >= 0.3 is 0 Å². The van der Waals surface area contributed by atoms with Gasteiger partial charge < -0.3 is 34.0 Å². The number of phenolic OH excluding ortho intramolecular Hbond substituents is 4. The first-order chi connectivity index (χ1) is 19.3. The Morgan fingerprint density at radius 3 is 2.10 bits per heavy atom. The van der Waals surface area contributed by atoms with Crippen LogP contribution in [0.15, 0.2) is 109 Å². The van der Waals surface area contributed by atoms with Crippen molar-refractivity contribution in [1.82, 2.24) is 0 Å². The van der Waals surface area contributed by atoms with E-state index in [1.54, 1.807) is 18.2 Å². The molecule has 4 N–H and O–H groups in total. The number of benzene rings is 4. The number of methoxy groups -OCH3 is 1. The summed E-state index contributed by atoms with van der Waals surface area (Å²) in [5, 5.41) is 38.4. The molecule has 200 valence electrons. The van der Waals surface area contributed by atoms with Crippen LogP contribution in [0.1, 0.15) is 0 Å². The van der Waals surface area contributed by atoms with E-state index < -0.39 is 5.43 Å². The van der Waals surface area contributed by atoms with Crippen LogP contribution in [0, 0.1) is 0 Å². The number of hydrogen-bond donors (Lipinski definition) is 4. The molecule has 0 unspecified atom stereocenters. The smallest absolute Gasteiger partial charge is 0.235 e. The molecule has 0 amide bonds. The number of aromatic hydroxyl groups is 4. The molecule has 0 aliphatic rings. The van der Waals surface area contributed by atoms with Crippen molar-refractivity contribution in [2.24, 2.45) is 0 Å². The van der Waals surface area contributed by atoms with Crippen molar-refractivity contribution in [1.29, 1.82) is 0 Å². The fourth-order valence-electron chi connectivity index (χ4n) is 4.16. The molecule has 0 saturated carbocycles. The Labute approximate surface area is 226 Å². The Bertz CT molecular complexity index is 1970. The fraction of sp³-hybridized carbons (Fsp3) is 0.0323. The van der Waals surface area contributed by atoms with Gasteiger partial charge in [-0.25, -0.2) is 0 Å². The Morgan fingerprint density at radius 1 is 0.650 bits per heavy atom. The predicted octanol–water partition coefficient (Wildman–Crippen LogP) is 5.75. The van der Waals surface area contributed by atoms with E-state index in [-0.39, 0.29) is 50.9 Å². The summed E-state index contributed by atoms with van der Waals surface area (Å²) in [6.07, 6.45) is 0. The summed E-state index contributed by atoms with van der Waals surface area (Å²) in [5.41, 5.74) is 1.13. The molecule has 2 aromatic heterocycles. The second-order valence-corrected chi connectivity index (χ2v) is 8.67. The summed E-state index contributed by atoms with van der Waals surface area (Å²) in [7, 11) is 1.48. The molecule has 9 nitrogen and oxygen atoms in total. The summed E-state index contributed by atoms with van der Waals surface area (Å²) >= 11 is 0. The SMILES string of the molecule is COc1c(-c2ccccc2)oc2ccccc2c1=O.O=c1cc(-c2ccc(O)c(O)c2)oc2cc(O)cc(O)c12. The predicted molar refractivity (Wildman–Crippen MR) is 149 cm³/mol. The lowest BCUT2D eigenvalue weighted by Gasteiger charge is -2.08. The highest BCUT2D eigenvalue weighted by molar-refractivity contribution is 5.86. The maximum atomic E-state index is 12.4. The number of rotatable bonds is 3.